The molecule has 49 heavy (non-hydrogen) atoms. The van der Waals surface area contributed by atoms with Crippen molar-refractivity contribution in [2.75, 3.05) is 11.9 Å². The number of carbonyl (C=O) groups is 1. The summed E-state index contributed by atoms with van der Waals surface area (Å²) >= 11 is 1.72. The molecule has 3 saturated carbocycles. The van der Waals surface area contributed by atoms with Gasteiger partial charge in [0, 0.05) is 15.8 Å². The predicted molar refractivity (Wildman–Crippen MR) is 201 cm³/mol. The smallest absolute Gasteiger partial charge is 0.325 e. The Morgan fingerprint density at radius 3 is 2.65 bits per heavy atom. The van der Waals surface area contributed by atoms with Crippen molar-refractivity contribution < 1.29 is 9.53 Å². The Hall–Kier alpha value is -3.03. The van der Waals surface area contributed by atoms with E-state index in [9.17, 15) is 4.79 Å². The van der Waals surface area contributed by atoms with Crippen LogP contribution in [0.15, 0.2) is 82.6 Å². The van der Waals surface area contributed by atoms with Gasteiger partial charge in [-0.25, -0.2) is 4.98 Å². The maximum Gasteiger partial charge on any atom is 0.325 e. The van der Waals surface area contributed by atoms with E-state index in [-0.39, 0.29) is 30.1 Å². The summed E-state index contributed by atoms with van der Waals surface area (Å²) in [6.07, 6.45) is 20.4. The first-order valence-corrected chi connectivity index (χ1v) is 19.8. The van der Waals surface area contributed by atoms with Crippen molar-refractivity contribution >= 4 is 34.7 Å². The molecule has 1 heterocycles. The Morgan fingerprint density at radius 1 is 1.04 bits per heavy atom. The fraction of sp³-hybridized carbons (Fsp3) is 0.571. The summed E-state index contributed by atoms with van der Waals surface area (Å²) < 4.78 is 6.09. The number of fused-ring (bicyclic) bond motifs is 6. The zero-order chi connectivity index (χ0) is 34.2. The Bertz CT molecular complexity index is 1670. The maximum absolute atomic E-state index is 13.0. The van der Waals surface area contributed by atoms with Crippen LogP contribution in [0.1, 0.15) is 85.5 Å². The van der Waals surface area contributed by atoms with Crippen molar-refractivity contribution in [3.63, 3.8) is 0 Å². The molecular formula is C42H56N4O2S. The second kappa shape index (κ2) is 14.3. The highest BCUT2D eigenvalue weighted by atomic mass is 32.2. The van der Waals surface area contributed by atoms with Crippen LogP contribution in [0.4, 0.5) is 5.95 Å². The first-order valence-electron chi connectivity index (χ1n) is 18.9. The molecular weight excluding hydrogens is 625 g/mol. The number of aromatic amines is 1. The largest absolute Gasteiger partial charge is 0.461 e. The fourth-order valence-corrected chi connectivity index (χ4v) is 11.5. The van der Waals surface area contributed by atoms with E-state index in [1.807, 2.05) is 24.3 Å². The maximum atomic E-state index is 13.0. The van der Waals surface area contributed by atoms with E-state index < -0.39 is 0 Å². The molecule has 3 aromatic rings. The number of benzene rings is 2. The Labute approximate surface area is 297 Å². The minimum atomic E-state index is -0.212. The summed E-state index contributed by atoms with van der Waals surface area (Å²) in [7, 11) is 0. The number of ether oxygens (including phenoxy) is 1. The zero-order valence-electron chi connectivity index (χ0n) is 29.9. The van der Waals surface area contributed by atoms with Gasteiger partial charge in [-0.05, 0) is 128 Å². The van der Waals surface area contributed by atoms with Crippen molar-refractivity contribution in [2.45, 2.75) is 107 Å². The van der Waals surface area contributed by atoms with Crippen LogP contribution in [0.5, 0.6) is 0 Å². The lowest BCUT2D eigenvalue weighted by molar-refractivity contribution is -0.153. The van der Waals surface area contributed by atoms with Gasteiger partial charge in [0.25, 0.3) is 0 Å². The van der Waals surface area contributed by atoms with Crippen molar-refractivity contribution in [1.82, 2.24) is 9.97 Å². The molecule has 2 unspecified atom stereocenters. The van der Waals surface area contributed by atoms with E-state index in [1.165, 1.54) is 30.6 Å². The van der Waals surface area contributed by atoms with Crippen LogP contribution in [-0.2, 0) is 9.53 Å². The predicted octanol–water partition coefficient (Wildman–Crippen LogP) is 9.79. The van der Waals surface area contributed by atoms with Gasteiger partial charge in [0.15, 0.2) is 0 Å². The minimum absolute atomic E-state index is 0.0294. The molecule has 6 nitrogen and oxygen atoms in total. The summed E-state index contributed by atoms with van der Waals surface area (Å²) in [4.78, 5) is 23.3. The number of hydrogen-bond donors (Lipinski definition) is 3. The van der Waals surface area contributed by atoms with Crippen molar-refractivity contribution in [1.29, 1.82) is 0 Å². The van der Waals surface area contributed by atoms with E-state index >= 15 is 0 Å². The van der Waals surface area contributed by atoms with Crippen molar-refractivity contribution in [2.24, 2.45) is 52.1 Å². The van der Waals surface area contributed by atoms with Gasteiger partial charge < -0.3 is 20.8 Å². The highest BCUT2D eigenvalue weighted by molar-refractivity contribution is 7.99. The number of nitrogens with one attached hydrogen (secondary N) is 2. The normalized spacial score (nSPS) is 33.5. The summed E-state index contributed by atoms with van der Waals surface area (Å²) in [5.74, 6) is 4.32. The topological polar surface area (TPSA) is 93.0 Å². The Balaban J connectivity index is 0.933. The third-order valence-corrected chi connectivity index (χ3v) is 14.2. The number of H-pyrrole nitrogens is 1. The van der Waals surface area contributed by atoms with Crippen LogP contribution < -0.4 is 11.1 Å². The van der Waals surface area contributed by atoms with Gasteiger partial charge in [0.1, 0.15) is 12.6 Å². The number of nitrogens with two attached hydrogens (primary N) is 1. The molecule has 0 spiro atoms. The molecule has 3 fully saturated rings. The Kier molecular flexibility index (Phi) is 10.0. The summed E-state index contributed by atoms with van der Waals surface area (Å²) in [5.41, 5.74) is 8.84. The molecule has 0 bridgehead atoms. The second-order valence-electron chi connectivity index (χ2n) is 16.1. The quantitative estimate of drug-likeness (QED) is 0.138. The third kappa shape index (κ3) is 6.99. The van der Waals surface area contributed by atoms with Gasteiger partial charge in [0.2, 0.25) is 5.95 Å². The summed E-state index contributed by atoms with van der Waals surface area (Å²) in [6, 6.07) is 16.7. The first kappa shape index (κ1) is 34.4. The lowest BCUT2D eigenvalue weighted by Crippen LogP contribution is -2.52. The third-order valence-electron chi connectivity index (χ3n) is 13.2. The molecule has 0 saturated heterocycles. The van der Waals surface area contributed by atoms with Gasteiger partial charge in [0.05, 0.1) is 11.0 Å². The Morgan fingerprint density at radius 2 is 1.84 bits per heavy atom. The average molecular weight is 681 g/mol. The highest BCUT2D eigenvalue weighted by Crippen LogP contribution is 2.67. The van der Waals surface area contributed by atoms with Gasteiger partial charge in [-0.15, -0.1) is 0 Å². The van der Waals surface area contributed by atoms with Crippen LogP contribution in [0, 0.1) is 46.3 Å². The molecule has 2 aromatic carbocycles. The molecule has 0 aliphatic heterocycles. The minimum Gasteiger partial charge on any atom is -0.461 e. The molecule has 262 valence electrons. The number of rotatable bonds is 11. The van der Waals surface area contributed by atoms with E-state index in [2.05, 4.69) is 91.5 Å². The van der Waals surface area contributed by atoms with E-state index in [1.54, 1.807) is 11.8 Å². The number of esters is 1. The highest BCUT2D eigenvalue weighted by Gasteiger charge is 2.59. The number of nitrogens with zero attached hydrogens (tertiary/aromatic N) is 1. The van der Waals surface area contributed by atoms with Crippen LogP contribution in [0.25, 0.3) is 11.0 Å². The molecule has 4 N–H and O–H groups in total. The van der Waals surface area contributed by atoms with E-state index in [4.69, 9.17) is 10.5 Å². The first-order chi connectivity index (χ1) is 23.7. The fourth-order valence-electron chi connectivity index (χ4n) is 10.6. The number of aromatic nitrogens is 2. The van der Waals surface area contributed by atoms with Gasteiger partial charge in [-0.2, -0.15) is 0 Å². The molecule has 4 aliphatic carbocycles. The summed E-state index contributed by atoms with van der Waals surface area (Å²) in [5, 5.41) is 3.18. The number of hydrogen-bond acceptors (Lipinski definition) is 6. The van der Waals surface area contributed by atoms with Crippen LogP contribution in [0.2, 0.25) is 0 Å². The average Bonchev–Trinajstić information content (AvgIpc) is 3.67. The molecule has 1 aromatic heterocycles. The molecule has 0 radical (unpaired) electrons. The molecule has 10 atom stereocenters. The molecule has 7 rings (SSSR count). The van der Waals surface area contributed by atoms with E-state index in [0.29, 0.717) is 29.1 Å². The number of allylic oxidation sites excluding steroid dienone is 3. The van der Waals surface area contributed by atoms with Gasteiger partial charge >= 0.3 is 5.97 Å². The van der Waals surface area contributed by atoms with Gasteiger partial charge in [-0.1, -0.05) is 88.4 Å². The standard InChI is InChI=1S/C42H56N4O2S/c1-5-9-29(43)14-12-27(2)34-17-18-35-33-16-13-28-24-30(20-22-41(28,3)36(33)21-23-42(34,35)4)48-39(47)26-44-40-45-37-19-15-32(25-38(37)46-40)49-31-10-7-6-8-11-31/h6-8,10-16,19,25,27-30,33-36H,5,9,17-18,20-24,26,43H2,1-4H3,(H2,44,45,46)/b14-12+/t27-,28?,29-,30+,33?,34-,35+,36+,41+,42-/m1/s1. The monoisotopic (exact) mass is 680 g/mol. The SMILES string of the molecule is CCC[C@@H](N)/C=C/[C@@H](C)[C@H]1CC[C@H]2C3C=CC4C[C@@H](OC(=O)CNc5nc6ccc(Sc7ccccc7)cc6[nH]5)CC[C@]4(C)[C@H]3CC[C@]12C. The lowest BCUT2D eigenvalue weighted by Gasteiger charge is -2.59. The van der Waals surface area contributed by atoms with Gasteiger partial charge in [-0.3, -0.25) is 4.79 Å². The lowest BCUT2D eigenvalue weighted by atomic mass is 9.46. The zero-order valence-corrected chi connectivity index (χ0v) is 30.7. The van der Waals surface area contributed by atoms with E-state index in [0.717, 1.165) is 65.8 Å². The number of carbonyl (C=O) groups excluding carboxylic acids is 1. The van der Waals surface area contributed by atoms with Crippen molar-refractivity contribution in [3.05, 3.63) is 72.8 Å². The number of anilines is 1. The molecule has 4 aliphatic rings. The van der Waals surface area contributed by atoms with Crippen LogP contribution >= 0.6 is 11.8 Å². The molecule has 7 heteroatoms. The molecule has 0 amide bonds. The second-order valence-corrected chi connectivity index (χ2v) is 17.3. The summed E-state index contributed by atoms with van der Waals surface area (Å²) in [6.45, 7) is 9.92. The van der Waals surface area contributed by atoms with Crippen LogP contribution in [0.3, 0.4) is 0 Å². The van der Waals surface area contributed by atoms with Crippen molar-refractivity contribution in [3.8, 4) is 0 Å². The van der Waals surface area contributed by atoms with Crippen LogP contribution in [-0.4, -0.2) is 34.6 Å². The number of imidazole rings is 1.